The lowest BCUT2D eigenvalue weighted by molar-refractivity contribution is 0.0787. The van der Waals surface area contributed by atoms with E-state index in [1.807, 2.05) is 36.9 Å². The zero-order chi connectivity index (χ0) is 23.3. The second-order valence-electron chi connectivity index (χ2n) is 8.75. The molecule has 5 rings (SSSR count). The molecule has 0 radical (unpaired) electrons. The van der Waals surface area contributed by atoms with Crippen molar-refractivity contribution in [3.63, 3.8) is 0 Å². The summed E-state index contributed by atoms with van der Waals surface area (Å²) in [4.78, 5) is 32.5. The van der Waals surface area contributed by atoms with Crippen molar-refractivity contribution < 1.29 is 9.18 Å². The monoisotopic (exact) mass is 447 g/mol. The molecule has 8 heteroatoms. The molecule has 1 aliphatic rings. The van der Waals surface area contributed by atoms with Crippen molar-refractivity contribution in [1.82, 2.24) is 23.6 Å². The standard InChI is InChI=1S/C25H26FN5O2/c1-16-13-21(17(2)30(16)14-18-6-8-19(26)9-7-18)24(32)29-12-10-20(15-29)31-23-22(5-4-11-27-23)28(3)25(31)33/h4-9,11,13,20H,10,12,14-15H2,1-3H3/t20-/m1/s1. The molecule has 4 aromatic rings. The molecule has 4 heterocycles. The van der Waals surface area contributed by atoms with Crippen molar-refractivity contribution in [1.29, 1.82) is 0 Å². The highest BCUT2D eigenvalue weighted by Gasteiger charge is 2.32. The summed E-state index contributed by atoms with van der Waals surface area (Å²) in [6.45, 7) is 5.54. The highest BCUT2D eigenvalue weighted by molar-refractivity contribution is 5.96. The zero-order valence-electron chi connectivity index (χ0n) is 19.0. The van der Waals surface area contributed by atoms with Crippen LogP contribution in [-0.4, -0.2) is 42.6 Å². The first-order valence-corrected chi connectivity index (χ1v) is 11.1. The SMILES string of the molecule is Cc1cc(C(=O)N2CC[C@@H](n3c(=O)n(C)c4cccnc43)C2)c(C)n1Cc1ccc(F)cc1. The van der Waals surface area contributed by atoms with Crippen molar-refractivity contribution in [2.24, 2.45) is 7.05 Å². The Hall–Kier alpha value is -3.68. The van der Waals surface area contributed by atoms with Crippen LogP contribution < -0.4 is 5.69 Å². The van der Waals surface area contributed by atoms with Gasteiger partial charge in [0.25, 0.3) is 5.91 Å². The molecule has 1 aromatic carbocycles. The number of carbonyl (C=O) groups is 1. The average molecular weight is 448 g/mol. The van der Waals surface area contributed by atoms with Gasteiger partial charge in [-0.15, -0.1) is 0 Å². The van der Waals surface area contributed by atoms with Crippen molar-refractivity contribution in [3.8, 4) is 0 Å². The molecule has 1 fully saturated rings. The highest BCUT2D eigenvalue weighted by Crippen LogP contribution is 2.27. The van der Waals surface area contributed by atoms with Crippen LogP contribution in [0, 0.1) is 19.7 Å². The Morgan fingerprint density at radius 1 is 1.18 bits per heavy atom. The van der Waals surface area contributed by atoms with Gasteiger partial charge in [0, 0.05) is 44.3 Å². The number of hydrogen-bond donors (Lipinski definition) is 0. The van der Waals surface area contributed by atoms with Crippen molar-refractivity contribution >= 4 is 17.1 Å². The Morgan fingerprint density at radius 2 is 1.94 bits per heavy atom. The minimum absolute atomic E-state index is 0.0304. The Bertz CT molecular complexity index is 1410. The number of nitrogens with zero attached hydrogens (tertiary/aromatic N) is 5. The molecule has 170 valence electrons. The van der Waals surface area contributed by atoms with Gasteiger partial charge in [-0.3, -0.25) is 13.9 Å². The second kappa shape index (κ2) is 8.03. The Labute approximate surface area is 190 Å². The summed E-state index contributed by atoms with van der Waals surface area (Å²) in [5, 5.41) is 0. The van der Waals surface area contributed by atoms with Crippen LogP contribution in [-0.2, 0) is 13.6 Å². The number of aromatic nitrogens is 4. The predicted octanol–water partition coefficient (Wildman–Crippen LogP) is 3.43. The Balaban J connectivity index is 1.39. The minimum atomic E-state index is -0.264. The number of fused-ring (bicyclic) bond motifs is 1. The van der Waals surface area contributed by atoms with E-state index in [0.29, 0.717) is 37.3 Å². The molecular weight excluding hydrogens is 421 g/mol. The molecule has 0 unspecified atom stereocenters. The molecule has 0 spiro atoms. The average Bonchev–Trinajstić information content (AvgIpc) is 3.47. The van der Waals surface area contributed by atoms with Crippen LogP contribution in [0.25, 0.3) is 11.2 Å². The number of rotatable bonds is 4. The van der Waals surface area contributed by atoms with Gasteiger partial charge in [0.05, 0.1) is 17.1 Å². The molecule has 7 nitrogen and oxygen atoms in total. The van der Waals surface area contributed by atoms with Crippen LogP contribution in [0.3, 0.4) is 0 Å². The van der Waals surface area contributed by atoms with Gasteiger partial charge in [0.15, 0.2) is 5.65 Å². The number of carbonyl (C=O) groups excluding carboxylic acids is 1. The fraction of sp³-hybridized carbons (Fsp3) is 0.320. The number of imidazole rings is 1. The molecule has 3 aromatic heterocycles. The largest absolute Gasteiger partial charge is 0.344 e. The van der Waals surface area contributed by atoms with Crippen LogP contribution in [0.1, 0.15) is 39.8 Å². The topological polar surface area (TPSA) is 65.1 Å². The third kappa shape index (κ3) is 3.55. The summed E-state index contributed by atoms with van der Waals surface area (Å²) >= 11 is 0. The first kappa shape index (κ1) is 21.2. The van der Waals surface area contributed by atoms with Crippen molar-refractivity contribution in [3.05, 3.63) is 87.5 Å². The van der Waals surface area contributed by atoms with Crippen LogP contribution in [0.4, 0.5) is 4.39 Å². The van der Waals surface area contributed by atoms with Gasteiger partial charge in [0.1, 0.15) is 5.82 Å². The number of amides is 1. The quantitative estimate of drug-likeness (QED) is 0.482. The molecule has 1 saturated heterocycles. The summed E-state index contributed by atoms with van der Waals surface area (Å²) in [6, 6.07) is 11.9. The zero-order valence-corrected chi connectivity index (χ0v) is 19.0. The van der Waals surface area contributed by atoms with Crippen LogP contribution in [0.5, 0.6) is 0 Å². The first-order chi connectivity index (χ1) is 15.8. The van der Waals surface area contributed by atoms with E-state index >= 15 is 0 Å². The Kier molecular flexibility index (Phi) is 5.15. The summed E-state index contributed by atoms with van der Waals surface area (Å²) in [7, 11) is 1.75. The highest BCUT2D eigenvalue weighted by atomic mass is 19.1. The number of pyridine rings is 1. The van der Waals surface area contributed by atoms with E-state index in [2.05, 4.69) is 9.55 Å². The predicted molar refractivity (Wildman–Crippen MR) is 124 cm³/mol. The normalized spacial score (nSPS) is 16.1. The van der Waals surface area contributed by atoms with E-state index in [9.17, 15) is 14.0 Å². The number of likely N-dealkylation sites (tertiary alicyclic amines) is 1. The minimum Gasteiger partial charge on any atom is -0.344 e. The second-order valence-corrected chi connectivity index (χ2v) is 8.75. The molecule has 0 aliphatic carbocycles. The lowest BCUT2D eigenvalue weighted by atomic mass is 10.2. The lowest BCUT2D eigenvalue weighted by Gasteiger charge is -2.17. The molecule has 0 N–H and O–H groups in total. The number of aryl methyl sites for hydroxylation is 2. The number of halogens is 1. The van der Waals surface area contributed by atoms with E-state index in [1.54, 1.807) is 34.5 Å². The van der Waals surface area contributed by atoms with Gasteiger partial charge in [-0.2, -0.15) is 0 Å². The van der Waals surface area contributed by atoms with Gasteiger partial charge in [0.2, 0.25) is 0 Å². The Morgan fingerprint density at radius 3 is 2.70 bits per heavy atom. The smallest absolute Gasteiger partial charge is 0.330 e. The van der Waals surface area contributed by atoms with E-state index in [4.69, 9.17) is 0 Å². The van der Waals surface area contributed by atoms with Gasteiger partial charge in [-0.05, 0) is 56.2 Å². The summed E-state index contributed by atoms with van der Waals surface area (Å²) < 4.78 is 18.7. The first-order valence-electron chi connectivity index (χ1n) is 11.1. The molecule has 0 saturated carbocycles. The molecular formula is C25H26FN5O2. The summed E-state index contributed by atoms with van der Waals surface area (Å²) in [6.07, 6.45) is 2.39. The van der Waals surface area contributed by atoms with Gasteiger partial charge >= 0.3 is 5.69 Å². The molecule has 33 heavy (non-hydrogen) atoms. The maximum atomic E-state index is 13.4. The molecule has 1 atom stereocenters. The van der Waals surface area contributed by atoms with Gasteiger partial charge < -0.3 is 9.47 Å². The van der Waals surface area contributed by atoms with Gasteiger partial charge in [-0.25, -0.2) is 14.2 Å². The third-order valence-corrected chi connectivity index (χ3v) is 6.72. The fourth-order valence-corrected chi connectivity index (χ4v) is 4.86. The van der Waals surface area contributed by atoms with E-state index in [1.165, 1.54) is 12.1 Å². The molecule has 1 amide bonds. The van der Waals surface area contributed by atoms with E-state index in [-0.39, 0.29) is 23.5 Å². The summed E-state index contributed by atoms with van der Waals surface area (Å²) in [5.74, 6) is -0.295. The fourth-order valence-electron chi connectivity index (χ4n) is 4.86. The maximum absolute atomic E-state index is 13.4. The summed E-state index contributed by atoms with van der Waals surface area (Å²) in [5.41, 5.74) is 4.83. The number of benzene rings is 1. The van der Waals surface area contributed by atoms with Crippen molar-refractivity contribution in [2.75, 3.05) is 13.1 Å². The van der Waals surface area contributed by atoms with E-state index < -0.39 is 0 Å². The van der Waals surface area contributed by atoms with Crippen molar-refractivity contribution in [2.45, 2.75) is 32.9 Å². The lowest BCUT2D eigenvalue weighted by Crippen LogP contribution is -2.32. The molecule has 0 bridgehead atoms. The van der Waals surface area contributed by atoms with E-state index in [0.717, 1.165) is 22.5 Å². The van der Waals surface area contributed by atoms with Crippen LogP contribution >= 0.6 is 0 Å². The van der Waals surface area contributed by atoms with Gasteiger partial charge in [-0.1, -0.05) is 12.1 Å². The van der Waals surface area contributed by atoms with Crippen LogP contribution in [0.15, 0.2) is 53.5 Å². The third-order valence-electron chi connectivity index (χ3n) is 6.72. The maximum Gasteiger partial charge on any atom is 0.330 e. The number of hydrogen-bond acceptors (Lipinski definition) is 3. The molecule has 1 aliphatic heterocycles. The van der Waals surface area contributed by atoms with Crippen LogP contribution in [0.2, 0.25) is 0 Å².